The maximum atomic E-state index is 13.2. The molecule has 0 unspecified atom stereocenters. The largest absolute Gasteiger partial charge is 0.494 e. The summed E-state index contributed by atoms with van der Waals surface area (Å²) in [4.78, 5) is 24.4. The van der Waals surface area contributed by atoms with Gasteiger partial charge in [-0.1, -0.05) is 0 Å². The maximum absolute atomic E-state index is 13.2. The van der Waals surface area contributed by atoms with E-state index in [-0.39, 0.29) is 29.9 Å². The Bertz CT molecular complexity index is 1120. The quantitative estimate of drug-likeness (QED) is 0.686. The zero-order valence-corrected chi connectivity index (χ0v) is 18.5. The number of hydrogen-bond donors (Lipinski definition) is 2. The van der Waals surface area contributed by atoms with Crippen LogP contribution in [0.2, 0.25) is 0 Å². The molecule has 10 heteroatoms. The van der Waals surface area contributed by atoms with Crippen LogP contribution in [0.15, 0.2) is 47.4 Å². The van der Waals surface area contributed by atoms with Gasteiger partial charge >= 0.3 is 0 Å². The average Bonchev–Trinajstić information content (AvgIpc) is 2.80. The monoisotopic (exact) mass is 459 g/mol. The highest BCUT2D eigenvalue weighted by Gasteiger charge is 2.34. The zero-order valence-electron chi connectivity index (χ0n) is 17.7. The van der Waals surface area contributed by atoms with Crippen molar-refractivity contribution in [1.29, 1.82) is 0 Å². The van der Waals surface area contributed by atoms with Gasteiger partial charge in [0.15, 0.2) is 6.61 Å². The molecule has 170 valence electrons. The van der Waals surface area contributed by atoms with Crippen molar-refractivity contribution in [2.75, 3.05) is 36.9 Å². The number of hydrogen-bond acceptors (Lipinski definition) is 6. The number of carbonyl (C=O) groups excluding carboxylic acids is 2. The molecule has 2 heterocycles. The number of ether oxygens (including phenoxy) is 2. The summed E-state index contributed by atoms with van der Waals surface area (Å²) in [6.45, 7) is 2.77. The Morgan fingerprint density at radius 1 is 1.25 bits per heavy atom. The first kappa shape index (κ1) is 22.1. The predicted octanol–water partition coefficient (Wildman–Crippen LogP) is 2.46. The van der Waals surface area contributed by atoms with E-state index in [2.05, 4.69) is 10.6 Å². The van der Waals surface area contributed by atoms with Gasteiger partial charge in [-0.2, -0.15) is 4.31 Å². The van der Waals surface area contributed by atoms with Crippen LogP contribution < -0.4 is 20.1 Å². The van der Waals surface area contributed by atoms with Gasteiger partial charge in [0.2, 0.25) is 15.9 Å². The molecule has 0 bridgehead atoms. The van der Waals surface area contributed by atoms with Crippen molar-refractivity contribution in [2.24, 2.45) is 5.92 Å². The highest BCUT2D eigenvalue weighted by molar-refractivity contribution is 7.89. The summed E-state index contributed by atoms with van der Waals surface area (Å²) < 4.78 is 38.4. The van der Waals surface area contributed by atoms with E-state index in [1.807, 2.05) is 6.92 Å². The summed E-state index contributed by atoms with van der Waals surface area (Å²) in [7, 11) is -3.83. The van der Waals surface area contributed by atoms with Crippen molar-refractivity contribution in [2.45, 2.75) is 24.7 Å². The van der Waals surface area contributed by atoms with Crippen LogP contribution >= 0.6 is 0 Å². The molecule has 2 aliphatic rings. The third kappa shape index (κ3) is 4.71. The smallest absolute Gasteiger partial charge is 0.262 e. The average molecular weight is 460 g/mol. The maximum Gasteiger partial charge on any atom is 0.262 e. The van der Waals surface area contributed by atoms with E-state index in [1.165, 1.54) is 22.5 Å². The van der Waals surface area contributed by atoms with E-state index in [9.17, 15) is 18.0 Å². The minimum absolute atomic E-state index is 0.0506. The lowest BCUT2D eigenvalue weighted by Gasteiger charge is -2.31. The van der Waals surface area contributed by atoms with Gasteiger partial charge in [-0.15, -0.1) is 0 Å². The number of fused-ring (bicyclic) bond motifs is 1. The lowest BCUT2D eigenvalue weighted by atomic mass is 9.99. The van der Waals surface area contributed by atoms with Gasteiger partial charge in [0.25, 0.3) is 5.91 Å². The topological polar surface area (TPSA) is 114 Å². The van der Waals surface area contributed by atoms with Gasteiger partial charge in [-0.05, 0) is 62.2 Å². The van der Waals surface area contributed by atoms with Crippen LogP contribution in [0.1, 0.15) is 19.8 Å². The molecule has 1 saturated heterocycles. The first-order chi connectivity index (χ1) is 15.4. The molecule has 0 aromatic heterocycles. The van der Waals surface area contributed by atoms with Gasteiger partial charge in [-0.25, -0.2) is 8.42 Å². The minimum atomic E-state index is -3.83. The SMILES string of the molecule is CCOc1ccc(NC(=O)[C@@H]2CCCN(S(=O)(=O)c3ccc4c(c3)NC(=O)CO4)C2)cc1. The molecule has 1 atom stereocenters. The zero-order chi connectivity index (χ0) is 22.7. The molecule has 2 aromatic rings. The molecule has 2 aromatic carbocycles. The lowest BCUT2D eigenvalue weighted by molar-refractivity contribution is -0.121. The standard InChI is InChI=1S/C22H25N3O6S/c1-2-30-17-7-5-16(6-8-17)23-22(27)15-4-3-11-25(13-15)32(28,29)18-9-10-20-19(12-18)24-21(26)14-31-20/h5-10,12,15H,2-4,11,13-14H2,1H3,(H,23,27)(H,24,26)/t15-/m1/s1. The van der Waals surface area contributed by atoms with E-state index in [0.717, 1.165) is 0 Å². The van der Waals surface area contributed by atoms with Crippen LogP contribution in [0, 0.1) is 5.92 Å². The molecule has 9 nitrogen and oxygen atoms in total. The molecule has 32 heavy (non-hydrogen) atoms. The van der Waals surface area contributed by atoms with Gasteiger partial charge in [-0.3, -0.25) is 9.59 Å². The molecule has 2 N–H and O–H groups in total. The Morgan fingerprint density at radius 3 is 2.78 bits per heavy atom. The van der Waals surface area contributed by atoms with E-state index in [1.54, 1.807) is 24.3 Å². The number of benzene rings is 2. The summed E-state index contributed by atoms with van der Waals surface area (Å²) in [5.41, 5.74) is 0.952. The van der Waals surface area contributed by atoms with Crippen molar-refractivity contribution >= 4 is 33.2 Å². The number of carbonyl (C=O) groups is 2. The van der Waals surface area contributed by atoms with Crippen LogP contribution in [-0.2, 0) is 19.6 Å². The predicted molar refractivity (Wildman–Crippen MR) is 118 cm³/mol. The molecule has 0 spiro atoms. The van der Waals surface area contributed by atoms with E-state index < -0.39 is 15.9 Å². The van der Waals surface area contributed by atoms with Crippen molar-refractivity contribution < 1.29 is 27.5 Å². The molecule has 2 aliphatic heterocycles. The minimum Gasteiger partial charge on any atom is -0.494 e. The van der Waals surface area contributed by atoms with Gasteiger partial charge in [0.05, 0.1) is 23.1 Å². The lowest BCUT2D eigenvalue weighted by Crippen LogP contribution is -2.43. The number of rotatable bonds is 6. The van der Waals surface area contributed by atoms with Crippen LogP contribution in [0.4, 0.5) is 11.4 Å². The fourth-order valence-corrected chi connectivity index (χ4v) is 5.34. The van der Waals surface area contributed by atoms with Crippen LogP contribution in [-0.4, -0.2) is 50.8 Å². The third-order valence-electron chi connectivity index (χ3n) is 5.41. The van der Waals surface area contributed by atoms with Crippen LogP contribution in [0.25, 0.3) is 0 Å². The summed E-state index contributed by atoms with van der Waals surface area (Å²) in [5.74, 6) is 0.115. The molecule has 1 fully saturated rings. The van der Waals surface area contributed by atoms with Gasteiger partial charge < -0.3 is 20.1 Å². The van der Waals surface area contributed by atoms with Crippen molar-refractivity contribution in [3.05, 3.63) is 42.5 Å². The van der Waals surface area contributed by atoms with Crippen LogP contribution in [0.5, 0.6) is 11.5 Å². The normalized spacial score (nSPS) is 18.8. The fraction of sp³-hybridized carbons (Fsp3) is 0.364. The molecule has 0 saturated carbocycles. The highest BCUT2D eigenvalue weighted by Crippen LogP contribution is 2.32. The van der Waals surface area contributed by atoms with E-state index >= 15 is 0 Å². The van der Waals surface area contributed by atoms with E-state index in [4.69, 9.17) is 9.47 Å². The second-order valence-electron chi connectivity index (χ2n) is 7.64. The molecule has 4 rings (SSSR count). The molecular weight excluding hydrogens is 434 g/mol. The summed E-state index contributed by atoms with van der Waals surface area (Å²) in [6, 6.07) is 11.4. The number of nitrogens with one attached hydrogen (secondary N) is 2. The Labute approximate surface area is 186 Å². The van der Waals surface area contributed by atoms with E-state index in [0.29, 0.717) is 48.9 Å². The summed E-state index contributed by atoms with van der Waals surface area (Å²) in [5, 5.41) is 5.48. The second kappa shape index (κ2) is 9.17. The van der Waals surface area contributed by atoms with Crippen molar-refractivity contribution in [3.8, 4) is 11.5 Å². The fourth-order valence-electron chi connectivity index (χ4n) is 3.79. The number of amides is 2. The first-order valence-corrected chi connectivity index (χ1v) is 11.9. The number of anilines is 2. The third-order valence-corrected chi connectivity index (χ3v) is 7.27. The Kier molecular flexibility index (Phi) is 6.33. The van der Waals surface area contributed by atoms with Gasteiger partial charge in [0, 0.05) is 18.8 Å². The number of sulfonamides is 1. The van der Waals surface area contributed by atoms with Gasteiger partial charge in [0.1, 0.15) is 11.5 Å². The number of nitrogens with zero attached hydrogens (tertiary/aromatic N) is 1. The Hall–Kier alpha value is -3.11. The second-order valence-corrected chi connectivity index (χ2v) is 9.58. The Balaban J connectivity index is 1.45. The highest BCUT2D eigenvalue weighted by atomic mass is 32.2. The summed E-state index contributed by atoms with van der Waals surface area (Å²) in [6.07, 6.45) is 1.17. The summed E-state index contributed by atoms with van der Waals surface area (Å²) >= 11 is 0. The first-order valence-electron chi connectivity index (χ1n) is 10.5. The molecular formula is C22H25N3O6S. The van der Waals surface area contributed by atoms with Crippen LogP contribution in [0.3, 0.4) is 0 Å². The Morgan fingerprint density at radius 2 is 2.03 bits per heavy atom. The number of piperidine rings is 1. The molecule has 0 aliphatic carbocycles. The molecule has 0 radical (unpaired) electrons. The van der Waals surface area contributed by atoms with Crippen molar-refractivity contribution in [3.63, 3.8) is 0 Å². The van der Waals surface area contributed by atoms with Crippen molar-refractivity contribution in [1.82, 2.24) is 4.31 Å². The molecule has 2 amide bonds.